The molecule has 1 aromatic rings. The number of carbonyl (C=O) groups is 3. The Bertz CT molecular complexity index is 594. The number of carboxylic acid groups (broad SMARTS) is 2. The van der Waals surface area contributed by atoms with Gasteiger partial charge in [0.1, 0.15) is 0 Å². The van der Waals surface area contributed by atoms with Gasteiger partial charge in [-0.05, 0) is 12.0 Å². The van der Waals surface area contributed by atoms with Crippen molar-refractivity contribution in [1.29, 1.82) is 0 Å². The van der Waals surface area contributed by atoms with E-state index in [1.165, 1.54) is 0 Å². The molecular formula is C15H20NO7P. The Kier molecular flexibility index (Phi) is 8.15. The van der Waals surface area contributed by atoms with Crippen molar-refractivity contribution in [2.75, 3.05) is 12.8 Å². The second kappa shape index (κ2) is 9.85. The summed E-state index contributed by atoms with van der Waals surface area (Å²) in [5, 5.41) is 19.5. The fraction of sp³-hybridized carbons (Fsp3) is 0.400. The molecule has 9 heteroatoms. The summed E-state index contributed by atoms with van der Waals surface area (Å²) in [6.07, 6.45) is -0.713. The molecule has 0 saturated heterocycles. The number of amides is 1. The monoisotopic (exact) mass is 357 g/mol. The van der Waals surface area contributed by atoms with Crippen LogP contribution in [0, 0.1) is 0 Å². The Morgan fingerprint density at radius 3 is 2.25 bits per heavy atom. The molecule has 0 bridgehead atoms. The number of hydrogen-bond donors (Lipinski definition) is 3. The van der Waals surface area contributed by atoms with Gasteiger partial charge in [0.25, 0.3) is 7.52 Å². The SMILES string of the molecule is O=C(O)CCCP(=O)(NC(=O)Cc1ccccc1)OCCC(=O)O. The number of rotatable bonds is 11. The van der Waals surface area contributed by atoms with E-state index in [4.69, 9.17) is 14.7 Å². The molecule has 24 heavy (non-hydrogen) atoms. The topological polar surface area (TPSA) is 130 Å². The minimum absolute atomic E-state index is 0.00789. The van der Waals surface area contributed by atoms with Gasteiger partial charge in [0.15, 0.2) is 0 Å². The van der Waals surface area contributed by atoms with Crippen LogP contribution < -0.4 is 5.09 Å². The quantitative estimate of drug-likeness (QED) is 0.516. The van der Waals surface area contributed by atoms with E-state index in [9.17, 15) is 18.9 Å². The minimum atomic E-state index is -3.65. The summed E-state index contributed by atoms with van der Waals surface area (Å²) in [7, 11) is -3.65. The lowest BCUT2D eigenvalue weighted by molar-refractivity contribution is -0.138. The van der Waals surface area contributed by atoms with Crippen LogP contribution in [0.3, 0.4) is 0 Å². The van der Waals surface area contributed by atoms with E-state index >= 15 is 0 Å². The zero-order valence-corrected chi connectivity index (χ0v) is 13.9. The van der Waals surface area contributed by atoms with E-state index in [2.05, 4.69) is 5.09 Å². The van der Waals surface area contributed by atoms with Crippen LogP contribution in [0.2, 0.25) is 0 Å². The maximum absolute atomic E-state index is 12.6. The highest BCUT2D eigenvalue weighted by molar-refractivity contribution is 7.57. The van der Waals surface area contributed by atoms with Crippen LogP contribution in [0.1, 0.15) is 24.8 Å². The van der Waals surface area contributed by atoms with Crippen molar-refractivity contribution >= 4 is 25.4 Å². The van der Waals surface area contributed by atoms with Gasteiger partial charge in [0, 0.05) is 12.6 Å². The summed E-state index contributed by atoms with van der Waals surface area (Å²) < 4.78 is 17.7. The third-order valence-electron chi connectivity index (χ3n) is 2.96. The molecular weight excluding hydrogens is 337 g/mol. The third kappa shape index (κ3) is 8.45. The van der Waals surface area contributed by atoms with Crippen LogP contribution in [-0.2, 0) is 29.9 Å². The molecule has 0 aliphatic heterocycles. The van der Waals surface area contributed by atoms with Crippen molar-refractivity contribution in [3.8, 4) is 0 Å². The van der Waals surface area contributed by atoms with E-state index in [0.29, 0.717) is 0 Å². The lowest BCUT2D eigenvalue weighted by atomic mass is 10.1. The number of aliphatic carboxylic acids is 2. The molecule has 3 N–H and O–H groups in total. The average molecular weight is 357 g/mol. The smallest absolute Gasteiger partial charge is 0.305 e. The average Bonchev–Trinajstić information content (AvgIpc) is 2.47. The number of carboxylic acids is 2. The zero-order valence-electron chi connectivity index (χ0n) is 13.0. The Labute approximate surface area is 139 Å². The molecule has 1 unspecified atom stereocenters. The summed E-state index contributed by atoms with van der Waals surface area (Å²) in [6.45, 7) is -0.328. The summed E-state index contributed by atoms with van der Waals surface area (Å²) in [6, 6.07) is 8.80. The van der Waals surface area contributed by atoms with Crippen molar-refractivity contribution < 1.29 is 33.7 Å². The first-order valence-electron chi connectivity index (χ1n) is 7.33. The van der Waals surface area contributed by atoms with Crippen molar-refractivity contribution in [3.63, 3.8) is 0 Å². The highest BCUT2D eigenvalue weighted by Crippen LogP contribution is 2.43. The van der Waals surface area contributed by atoms with Crippen LogP contribution in [0.4, 0.5) is 0 Å². The van der Waals surface area contributed by atoms with E-state index in [1.807, 2.05) is 0 Å². The zero-order chi connectivity index (χ0) is 18.0. The first-order chi connectivity index (χ1) is 11.3. The third-order valence-corrected chi connectivity index (χ3v) is 5.06. The molecule has 0 radical (unpaired) electrons. The summed E-state index contributed by atoms with van der Waals surface area (Å²) >= 11 is 0. The highest BCUT2D eigenvalue weighted by Gasteiger charge is 2.26. The largest absolute Gasteiger partial charge is 0.481 e. The standard InChI is InChI=1S/C15H20NO7P/c17-13(11-12-5-2-1-3-6-12)16-24(22,10-4-7-14(18)19)23-9-8-15(20)21/h1-3,5-6H,4,7-11H2,(H,18,19)(H,20,21)(H,16,17,22). The van der Waals surface area contributed by atoms with Crippen LogP contribution in [0.15, 0.2) is 30.3 Å². The van der Waals surface area contributed by atoms with Gasteiger partial charge in [-0.1, -0.05) is 30.3 Å². The normalized spacial score (nSPS) is 13.0. The van der Waals surface area contributed by atoms with Gasteiger partial charge < -0.3 is 14.7 Å². The Balaban J connectivity index is 2.64. The summed E-state index contributed by atoms with van der Waals surface area (Å²) in [5.74, 6) is -2.71. The van der Waals surface area contributed by atoms with Crippen LogP contribution in [-0.4, -0.2) is 40.8 Å². The predicted octanol–water partition coefficient (Wildman–Crippen LogP) is 1.89. The van der Waals surface area contributed by atoms with E-state index in [0.717, 1.165) is 5.56 Å². The van der Waals surface area contributed by atoms with Crippen molar-refractivity contribution in [3.05, 3.63) is 35.9 Å². The summed E-state index contributed by atoms with van der Waals surface area (Å²) in [4.78, 5) is 33.1. The molecule has 0 aliphatic carbocycles. The fourth-order valence-electron chi connectivity index (χ4n) is 1.88. The maximum Gasteiger partial charge on any atom is 0.305 e. The van der Waals surface area contributed by atoms with Gasteiger partial charge in [-0.3, -0.25) is 24.0 Å². The predicted molar refractivity (Wildman–Crippen MR) is 85.8 cm³/mol. The van der Waals surface area contributed by atoms with Crippen LogP contribution in [0.5, 0.6) is 0 Å². The van der Waals surface area contributed by atoms with Gasteiger partial charge in [-0.15, -0.1) is 0 Å². The van der Waals surface area contributed by atoms with Gasteiger partial charge >= 0.3 is 11.9 Å². The van der Waals surface area contributed by atoms with Gasteiger partial charge in [0.2, 0.25) is 5.91 Å². The van der Waals surface area contributed by atoms with Gasteiger partial charge in [-0.25, -0.2) is 0 Å². The Hall–Kier alpha value is -2.18. The molecule has 0 saturated carbocycles. The molecule has 1 amide bonds. The Morgan fingerprint density at radius 2 is 1.67 bits per heavy atom. The van der Waals surface area contributed by atoms with Crippen LogP contribution >= 0.6 is 7.52 Å². The highest BCUT2D eigenvalue weighted by atomic mass is 31.2. The Morgan fingerprint density at radius 1 is 1.04 bits per heavy atom. The molecule has 0 aliphatic rings. The number of hydrogen-bond acceptors (Lipinski definition) is 5. The second-order valence-electron chi connectivity index (χ2n) is 5.07. The number of nitrogens with one attached hydrogen (secondary N) is 1. The second-order valence-corrected chi connectivity index (χ2v) is 7.34. The molecule has 1 rings (SSSR count). The van der Waals surface area contributed by atoms with Crippen molar-refractivity contribution in [1.82, 2.24) is 5.09 Å². The lowest BCUT2D eigenvalue weighted by Crippen LogP contribution is -2.25. The molecule has 8 nitrogen and oxygen atoms in total. The van der Waals surface area contributed by atoms with Gasteiger partial charge in [-0.2, -0.15) is 0 Å². The fourth-order valence-corrected chi connectivity index (χ4v) is 3.61. The molecule has 0 fully saturated rings. The van der Waals surface area contributed by atoms with Crippen molar-refractivity contribution in [2.45, 2.75) is 25.7 Å². The van der Waals surface area contributed by atoms with E-state index < -0.39 is 25.4 Å². The number of carbonyl (C=O) groups excluding carboxylic acids is 1. The maximum atomic E-state index is 12.6. The molecule has 1 aromatic carbocycles. The summed E-state index contributed by atoms with van der Waals surface area (Å²) in [5.41, 5.74) is 0.720. The molecule has 0 heterocycles. The number of benzene rings is 1. The van der Waals surface area contributed by atoms with Crippen LogP contribution in [0.25, 0.3) is 0 Å². The van der Waals surface area contributed by atoms with Crippen molar-refractivity contribution in [2.24, 2.45) is 0 Å². The molecule has 0 aromatic heterocycles. The van der Waals surface area contributed by atoms with E-state index in [1.54, 1.807) is 30.3 Å². The molecule has 132 valence electrons. The minimum Gasteiger partial charge on any atom is -0.481 e. The molecule has 0 spiro atoms. The first kappa shape index (κ1) is 19.9. The first-order valence-corrected chi connectivity index (χ1v) is 9.14. The van der Waals surface area contributed by atoms with Gasteiger partial charge in [0.05, 0.1) is 19.4 Å². The van der Waals surface area contributed by atoms with E-state index in [-0.39, 0.29) is 38.5 Å². The lowest BCUT2D eigenvalue weighted by Gasteiger charge is -2.19. The molecule has 1 atom stereocenters.